The molecule has 6 nitrogen and oxygen atoms in total. The number of fused-ring (bicyclic) bond motifs is 1. The van der Waals surface area contributed by atoms with Gasteiger partial charge in [0.2, 0.25) is 5.91 Å². The van der Waals surface area contributed by atoms with Crippen molar-refractivity contribution in [3.05, 3.63) is 89.2 Å². The molecule has 1 saturated heterocycles. The Bertz CT molecular complexity index is 1310. The Balaban J connectivity index is 1.50. The van der Waals surface area contributed by atoms with Crippen LogP contribution in [0.15, 0.2) is 72.8 Å². The Morgan fingerprint density at radius 1 is 1.00 bits per heavy atom. The number of anilines is 1. The summed E-state index contributed by atoms with van der Waals surface area (Å²) in [5.41, 5.74) is 4.28. The van der Waals surface area contributed by atoms with Crippen molar-refractivity contribution in [1.29, 1.82) is 0 Å². The lowest BCUT2D eigenvalue weighted by Gasteiger charge is -2.35. The Morgan fingerprint density at radius 3 is 2.40 bits per heavy atom. The summed E-state index contributed by atoms with van der Waals surface area (Å²) in [7, 11) is 0. The highest BCUT2D eigenvalue weighted by molar-refractivity contribution is 6.30. The largest absolute Gasteiger partial charge is 0.483 e. The van der Waals surface area contributed by atoms with Gasteiger partial charge in [-0.2, -0.15) is 0 Å². The number of carbonyl (C=O) groups is 1. The Morgan fingerprint density at radius 2 is 1.71 bits per heavy atom. The van der Waals surface area contributed by atoms with E-state index in [2.05, 4.69) is 27.7 Å². The smallest absolute Gasteiger partial charge is 0.219 e. The van der Waals surface area contributed by atoms with E-state index in [-0.39, 0.29) is 12.0 Å². The van der Waals surface area contributed by atoms with Crippen molar-refractivity contribution in [2.45, 2.75) is 26.5 Å². The number of benzene rings is 3. The van der Waals surface area contributed by atoms with Gasteiger partial charge in [-0.05, 0) is 55.0 Å². The van der Waals surface area contributed by atoms with Crippen molar-refractivity contribution in [3.8, 4) is 5.75 Å². The number of hydrogen-bond acceptors (Lipinski definition) is 4. The van der Waals surface area contributed by atoms with E-state index in [4.69, 9.17) is 21.3 Å². The number of rotatable bonds is 6. The summed E-state index contributed by atoms with van der Waals surface area (Å²) < 4.78 is 8.49. The molecule has 1 atom stereocenters. The molecule has 1 aliphatic heterocycles. The highest BCUT2D eigenvalue weighted by Crippen LogP contribution is 2.29. The number of carbonyl (C=O) groups excluding carboxylic acids is 1. The van der Waals surface area contributed by atoms with Gasteiger partial charge in [0, 0.05) is 50.4 Å². The zero-order valence-electron chi connectivity index (χ0n) is 20.0. The first-order chi connectivity index (χ1) is 17.0. The van der Waals surface area contributed by atoms with Crippen LogP contribution in [0.2, 0.25) is 5.02 Å². The summed E-state index contributed by atoms with van der Waals surface area (Å²) in [6.45, 7) is 7.45. The quantitative estimate of drug-likeness (QED) is 0.357. The van der Waals surface area contributed by atoms with Gasteiger partial charge in [0.15, 0.2) is 11.9 Å². The lowest BCUT2D eigenvalue weighted by Crippen LogP contribution is -2.48. The maximum atomic E-state index is 11.7. The summed E-state index contributed by atoms with van der Waals surface area (Å²) in [5, 5.41) is 0.720. The predicted octanol–water partition coefficient (Wildman–Crippen LogP) is 5.55. The van der Waals surface area contributed by atoms with E-state index < -0.39 is 0 Å². The molecule has 5 rings (SSSR count). The molecule has 0 radical (unpaired) electrons. The zero-order valence-corrected chi connectivity index (χ0v) is 20.8. The summed E-state index contributed by atoms with van der Waals surface area (Å²) in [6.07, 6.45) is -0.236. The van der Waals surface area contributed by atoms with Crippen molar-refractivity contribution in [2.24, 2.45) is 0 Å². The molecule has 0 spiro atoms. The van der Waals surface area contributed by atoms with Gasteiger partial charge in [0.1, 0.15) is 5.75 Å². The first kappa shape index (κ1) is 23.2. The molecule has 3 aromatic carbocycles. The Hall–Kier alpha value is -3.51. The van der Waals surface area contributed by atoms with E-state index in [0.29, 0.717) is 6.54 Å². The average Bonchev–Trinajstić information content (AvgIpc) is 3.24. The van der Waals surface area contributed by atoms with Gasteiger partial charge in [0.05, 0.1) is 11.0 Å². The molecular weight excluding hydrogens is 460 g/mol. The minimum absolute atomic E-state index is 0.137. The summed E-state index contributed by atoms with van der Waals surface area (Å²) >= 11 is 6.13. The Kier molecular flexibility index (Phi) is 6.64. The topological polar surface area (TPSA) is 50.6 Å². The molecular formula is C28H29ClN4O2. The van der Waals surface area contributed by atoms with Gasteiger partial charge in [-0.3, -0.25) is 4.79 Å². The standard InChI is InChI=1S/C28H29ClN4O2/c1-20(35-25-6-4-3-5-7-25)28-30-26-13-12-24(32-16-14-31(15-17-32)21(2)34)18-27(26)33(28)19-22-8-10-23(29)11-9-22/h3-13,18,20H,14-17,19H2,1-2H3. The molecule has 0 aliphatic carbocycles. The van der Waals surface area contributed by atoms with Gasteiger partial charge < -0.3 is 19.1 Å². The maximum absolute atomic E-state index is 11.7. The molecule has 1 unspecified atom stereocenters. The number of hydrogen-bond donors (Lipinski definition) is 0. The van der Waals surface area contributed by atoms with Gasteiger partial charge in [-0.15, -0.1) is 0 Å². The fourth-order valence-corrected chi connectivity index (χ4v) is 4.74. The number of halogens is 1. The van der Waals surface area contributed by atoms with E-state index in [9.17, 15) is 4.79 Å². The predicted molar refractivity (Wildman–Crippen MR) is 140 cm³/mol. The van der Waals surface area contributed by atoms with Crippen LogP contribution in [0.3, 0.4) is 0 Å². The first-order valence-corrected chi connectivity index (χ1v) is 12.3. The second-order valence-corrected chi connectivity index (χ2v) is 9.36. The molecule has 7 heteroatoms. The number of ether oxygens (including phenoxy) is 1. The van der Waals surface area contributed by atoms with Gasteiger partial charge >= 0.3 is 0 Å². The van der Waals surface area contributed by atoms with Crippen LogP contribution in [0.25, 0.3) is 11.0 Å². The van der Waals surface area contributed by atoms with E-state index in [1.807, 2.05) is 66.4 Å². The number of nitrogens with zero attached hydrogens (tertiary/aromatic N) is 4. The number of para-hydroxylation sites is 1. The molecule has 180 valence electrons. The maximum Gasteiger partial charge on any atom is 0.219 e. The van der Waals surface area contributed by atoms with E-state index in [0.717, 1.165) is 65.1 Å². The molecule has 0 bridgehead atoms. The van der Waals surface area contributed by atoms with Crippen LogP contribution in [0.4, 0.5) is 5.69 Å². The van der Waals surface area contributed by atoms with E-state index >= 15 is 0 Å². The molecule has 1 aromatic heterocycles. The third-order valence-corrected chi connectivity index (χ3v) is 6.78. The average molecular weight is 489 g/mol. The van der Waals surface area contributed by atoms with Crippen LogP contribution in [0, 0.1) is 0 Å². The van der Waals surface area contributed by atoms with Crippen molar-refractivity contribution in [3.63, 3.8) is 0 Å². The van der Waals surface area contributed by atoms with Crippen LogP contribution in [-0.2, 0) is 11.3 Å². The minimum Gasteiger partial charge on any atom is -0.483 e. The highest BCUT2D eigenvalue weighted by Gasteiger charge is 2.22. The third-order valence-electron chi connectivity index (χ3n) is 6.53. The van der Waals surface area contributed by atoms with E-state index in [1.165, 1.54) is 0 Å². The van der Waals surface area contributed by atoms with Crippen molar-refractivity contribution in [2.75, 3.05) is 31.1 Å². The lowest BCUT2D eigenvalue weighted by atomic mass is 10.2. The number of piperazine rings is 1. The molecule has 4 aromatic rings. The first-order valence-electron chi connectivity index (χ1n) is 11.9. The van der Waals surface area contributed by atoms with Gasteiger partial charge in [-0.25, -0.2) is 4.98 Å². The number of amides is 1. The van der Waals surface area contributed by atoms with Crippen LogP contribution >= 0.6 is 11.6 Å². The molecule has 0 N–H and O–H groups in total. The van der Waals surface area contributed by atoms with Crippen LogP contribution in [-0.4, -0.2) is 46.5 Å². The summed E-state index contributed by atoms with van der Waals surface area (Å²) in [4.78, 5) is 21.0. The monoisotopic (exact) mass is 488 g/mol. The summed E-state index contributed by atoms with van der Waals surface area (Å²) in [5.74, 6) is 1.82. The second kappa shape index (κ2) is 10.0. The van der Waals surface area contributed by atoms with E-state index in [1.54, 1.807) is 6.92 Å². The van der Waals surface area contributed by atoms with Crippen LogP contribution in [0.5, 0.6) is 5.75 Å². The second-order valence-electron chi connectivity index (χ2n) is 8.92. The fraction of sp³-hybridized carbons (Fsp3) is 0.286. The van der Waals surface area contributed by atoms with Gasteiger partial charge in [-0.1, -0.05) is 41.9 Å². The van der Waals surface area contributed by atoms with Crippen LogP contribution in [0.1, 0.15) is 31.3 Å². The van der Waals surface area contributed by atoms with Crippen LogP contribution < -0.4 is 9.64 Å². The highest BCUT2D eigenvalue weighted by atomic mass is 35.5. The Labute approximate surface area is 210 Å². The minimum atomic E-state index is -0.236. The molecule has 0 saturated carbocycles. The lowest BCUT2D eigenvalue weighted by molar-refractivity contribution is -0.129. The molecule has 1 aliphatic rings. The normalized spacial score (nSPS) is 14.8. The van der Waals surface area contributed by atoms with Gasteiger partial charge in [0.25, 0.3) is 0 Å². The molecule has 1 amide bonds. The molecule has 1 fully saturated rings. The fourth-order valence-electron chi connectivity index (χ4n) is 4.61. The van der Waals surface area contributed by atoms with Crippen molar-refractivity contribution < 1.29 is 9.53 Å². The summed E-state index contributed by atoms with van der Waals surface area (Å²) in [6, 6.07) is 24.2. The van der Waals surface area contributed by atoms with Crippen molar-refractivity contribution in [1.82, 2.24) is 14.5 Å². The molecule has 2 heterocycles. The molecule has 35 heavy (non-hydrogen) atoms. The number of aromatic nitrogens is 2. The number of imidazole rings is 1. The zero-order chi connectivity index (χ0) is 24.4. The van der Waals surface area contributed by atoms with Crippen molar-refractivity contribution >= 4 is 34.2 Å². The third kappa shape index (κ3) is 5.13. The SMILES string of the molecule is CC(=O)N1CCN(c2ccc3nc(C(C)Oc4ccccc4)n(Cc4ccc(Cl)cc4)c3c2)CC1.